The van der Waals surface area contributed by atoms with Crippen molar-refractivity contribution in [3.63, 3.8) is 0 Å². The summed E-state index contributed by atoms with van der Waals surface area (Å²) in [6, 6.07) is 12.2. The molecule has 2 aromatic rings. The van der Waals surface area contributed by atoms with E-state index in [2.05, 4.69) is 5.32 Å². The summed E-state index contributed by atoms with van der Waals surface area (Å²) in [4.78, 5) is 12.0. The molecule has 0 unspecified atom stereocenters. The smallest absolute Gasteiger partial charge is 0.258 e. The van der Waals surface area contributed by atoms with Gasteiger partial charge in [-0.15, -0.1) is 0 Å². The first-order valence-electron chi connectivity index (χ1n) is 5.71. The van der Waals surface area contributed by atoms with Gasteiger partial charge in [0.15, 0.2) is 0 Å². The minimum Gasteiger partial charge on any atom is -0.322 e. The van der Waals surface area contributed by atoms with Crippen molar-refractivity contribution in [3.8, 4) is 0 Å². The van der Waals surface area contributed by atoms with E-state index in [1.54, 1.807) is 25.1 Å². The van der Waals surface area contributed by atoms with E-state index >= 15 is 0 Å². The van der Waals surface area contributed by atoms with Gasteiger partial charge in [0.25, 0.3) is 5.91 Å². The van der Waals surface area contributed by atoms with Crippen LogP contribution in [0.3, 0.4) is 0 Å². The molecule has 0 atom stereocenters. The first-order valence-corrected chi connectivity index (χ1v) is 5.71. The minimum absolute atomic E-state index is 0.0678. The summed E-state index contributed by atoms with van der Waals surface area (Å²) < 4.78 is 13.8. The molecule has 0 fully saturated rings. The van der Waals surface area contributed by atoms with E-state index in [4.69, 9.17) is 0 Å². The summed E-state index contributed by atoms with van der Waals surface area (Å²) in [6.07, 6.45) is 0. The van der Waals surface area contributed by atoms with Gasteiger partial charge in [-0.05, 0) is 37.1 Å². The molecule has 92 valence electrons. The van der Waals surface area contributed by atoms with Crippen LogP contribution in [0.1, 0.15) is 21.5 Å². The lowest BCUT2D eigenvalue weighted by Gasteiger charge is -2.09. The first-order chi connectivity index (χ1) is 8.59. The van der Waals surface area contributed by atoms with Gasteiger partial charge in [-0.3, -0.25) is 4.79 Å². The van der Waals surface area contributed by atoms with E-state index < -0.39 is 11.7 Å². The van der Waals surface area contributed by atoms with Crippen molar-refractivity contribution in [2.75, 3.05) is 5.32 Å². The lowest BCUT2D eigenvalue weighted by atomic mass is 10.1. The molecule has 0 aliphatic carbocycles. The molecule has 0 aromatic heterocycles. The molecule has 2 nitrogen and oxygen atoms in total. The zero-order valence-electron chi connectivity index (χ0n) is 10.3. The van der Waals surface area contributed by atoms with Crippen LogP contribution in [0, 0.1) is 19.7 Å². The highest BCUT2D eigenvalue weighted by molar-refractivity contribution is 6.04. The van der Waals surface area contributed by atoms with E-state index in [1.807, 2.05) is 25.1 Å². The Bertz CT molecular complexity index is 593. The topological polar surface area (TPSA) is 29.1 Å². The van der Waals surface area contributed by atoms with Crippen molar-refractivity contribution in [3.05, 3.63) is 65.0 Å². The Morgan fingerprint density at radius 1 is 1.00 bits per heavy atom. The fourth-order valence-corrected chi connectivity index (χ4v) is 1.73. The summed E-state index contributed by atoms with van der Waals surface area (Å²) in [5.41, 5.74) is 2.17. The molecule has 0 radical (unpaired) electrons. The van der Waals surface area contributed by atoms with Crippen molar-refractivity contribution < 1.29 is 9.18 Å². The molecule has 0 saturated heterocycles. The fourth-order valence-electron chi connectivity index (χ4n) is 1.73. The largest absolute Gasteiger partial charge is 0.322 e. The number of carbonyl (C=O) groups is 1. The summed E-state index contributed by atoms with van der Waals surface area (Å²) in [6.45, 7) is 3.53. The predicted octanol–water partition coefficient (Wildman–Crippen LogP) is 3.69. The van der Waals surface area contributed by atoms with Crippen LogP contribution in [0.4, 0.5) is 10.1 Å². The van der Waals surface area contributed by atoms with E-state index in [9.17, 15) is 9.18 Å². The van der Waals surface area contributed by atoms with Crippen LogP contribution < -0.4 is 5.32 Å². The van der Waals surface area contributed by atoms with Gasteiger partial charge >= 0.3 is 0 Å². The minimum atomic E-state index is -0.469. The highest BCUT2D eigenvalue weighted by Crippen LogP contribution is 2.17. The van der Waals surface area contributed by atoms with Crippen LogP contribution >= 0.6 is 0 Å². The molecule has 2 rings (SSSR count). The van der Waals surface area contributed by atoms with Gasteiger partial charge in [-0.25, -0.2) is 4.39 Å². The molecule has 0 aliphatic rings. The number of hydrogen-bond acceptors (Lipinski definition) is 1. The second kappa shape index (κ2) is 5.00. The van der Waals surface area contributed by atoms with Crippen molar-refractivity contribution in [2.24, 2.45) is 0 Å². The molecule has 0 bridgehead atoms. The average molecular weight is 243 g/mol. The summed E-state index contributed by atoms with van der Waals surface area (Å²) in [7, 11) is 0. The Labute approximate surface area is 105 Å². The number of hydrogen-bond donors (Lipinski definition) is 1. The third kappa shape index (κ3) is 2.40. The molecule has 2 aromatic carbocycles. The Morgan fingerprint density at radius 2 is 1.67 bits per heavy atom. The van der Waals surface area contributed by atoms with E-state index in [0.717, 1.165) is 5.56 Å². The van der Waals surface area contributed by atoms with Crippen LogP contribution in [0.5, 0.6) is 0 Å². The second-order valence-electron chi connectivity index (χ2n) is 4.21. The highest BCUT2D eigenvalue weighted by Gasteiger charge is 2.13. The van der Waals surface area contributed by atoms with Crippen LogP contribution in [-0.2, 0) is 0 Å². The maximum atomic E-state index is 13.8. The monoisotopic (exact) mass is 243 g/mol. The van der Waals surface area contributed by atoms with Crippen LogP contribution in [-0.4, -0.2) is 5.91 Å². The van der Waals surface area contributed by atoms with Gasteiger partial charge in [0.1, 0.15) is 5.82 Å². The van der Waals surface area contributed by atoms with Crippen LogP contribution in [0.2, 0.25) is 0 Å². The Morgan fingerprint density at radius 3 is 2.39 bits per heavy atom. The Balaban J connectivity index is 2.28. The third-order valence-electron chi connectivity index (χ3n) is 2.83. The van der Waals surface area contributed by atoms with E-state index in [-0.39, 0.29) is 5.56 Å². The molecule has 18 heavy (non-hydrogen) atoms. The second-order valence-corrected chi connectivity index (χ2v) is 4.21. The third-order valence-corrected chi connectivity index (χ3v) is 2.83. The molecule has 3 heteroatoms. The van der Waals surface area contributed by atoms with E-state index in [0.29, 0.717) is 11.3 Å². The number of aryl methyl sites for hydroxylation is 2. The van der Waals surface area contributed by atoms with Gasteiger partial charge < -0.3 is 5.32 Å². The van der Waals surface area contributed by atoms with Gasteiger partial charge in [0.2, 0.25) is 0 Å². The molecule has 1 N–H and O–H groups in total. The predicted molar refractivity (Wildman–Crippen MR) is 70.3 cm³/mol. The lowest BCUT2D eigenvalue weighted by Crippen LogP contribution is -2.15. The first kappa shape index (κ1) is 12.3. The quantitative estimate of drug-likeness (QED) is 0.856. The molecule has 0 aliphatic heterocycles. The van der Waals surface area contributed by atoms with Crippen LogP contribution in [0.25, 0.3) is 0 Å². The van der Waals surface area contributed by atoms with Crippen LogP contribution in [0.15, 0.2) is 42.5 Å². The Kier molecular flexibility index (Phi) is 3.42. The van der Waals surface area contributed by atoms with Gasteiger partial charge in [0.05, 0.1) is 5.56 Å². The number of amides is 1. The molecule has 0 spiro atoms. The molecule has 0 saturated carbocycles. The lowest BCUT2D eigenvalue weighted by molar-refractivity contribution is 0.102. The number of rotatable bonds is 2. The maximum Gasteiger partial charge on any atom is 0.258 e. The maximum absolute atomic E-state index is 13.8. The number of nitrogens with one attached hydrogen (secondary N) is 1. The zero-order chi connectivity index (χ0) is 13.1. The normalized spacial score (nSPS) is 10.2. The molecule has 1 amide bonds. The molecular formula is C15H14FNO. The number of carbonyl (C=O) groups excluding carboxylic acids is 1. The van der Waals surface area contributed by atoms with Crippen molar-refractivity contribution in [1.29, 1.82) is 0 Å². The van der Waals surface area contributed by atoms with Gasteiger partial charge in [-0.1, -0.05) is 30.3 Å². The SMILES string of the molecule is Cc1ccccc1NC(=O)c1cccc(C)c1F. The summed E-state index contributed by atoms with van der Waals surface area (Å²) in [5, 5.41) is 2.72. The van der Waals surface area contributed by atoms with Gasteiger partial charge in [-0.2, -0.15) is 0 Å². The number of anilines is 1. The average Bonchev–Trinajstić information content (AvgIpc) is 2.35. The van der Waals surface area contributed by atoms with Gasteiger partial charge in [0, 0.05) is 5.69 Å². The Hall–Kier alpha value is -2.16. The molecular weight excluding hydrogens is 229 g/mol. The fraction of sp³-hybridized carbons (Fsp3) is 0.133. The van der Waals surface area contributed by atoms with Crippen molar-refractivity contribution in [1.82, 2.24) is 0 Å². The van der Waals surface area contributed by atoms with Crippen molar-refractivity contribution in [2.45, 2.75) is 13.8 Å². The number of benzene rings is 2. The summed E-state index contributed by atoms with van der Waals surface area (Å²) >= 11 is 0. The van der Waals surface area contributed by atoms with Crippen molar-refractivity contribution >= 4 is 11.6 Å². The summed E-state index contributed by atoms with van der Waals surface area (Å²) in [5.74, 6) is -0.894. The van der Waals surface area contributed by atoms with E-state index in [1.165, 1.54) is 6.07 Å². The molecule has 0 heterocycles. The highest BCUT2D eigenvalue weighted by atomic mass is 19.1. The number of para-hydroxylation sites is 1. The number of halogens is 1. The standard InChI is InChI=1S/C15H14FNO/c1-10-6-3-4-9-13(10)17-15(18)12-8-5-7-11(2)14(12)16/h3-9H,1-2H3,(H,17,18). The zero-order valence-corrected chi connectivity index (χ0v) is 10.3.